The van der Waals surface area contributed by atoms with Gasteiger partial charge < -0.3 is 9.57 Å². The van der Waals surface area contributed by atoms with E-state index in [1.54, 1.807) is 7.11 Å². The van der Waals surface area contributed by atoms with Gasteiger partial charge in [-0.1, -0.05) is 39.6 Å². The van der Waals surface area contributed by atoms with Crippen LogP contribution in [0.5, 0.6) is 5.75 Å². The van der Waals surface area contributed by atoms with E-state index in [4.69, 9.17) is 9.57 Å². The minimum Gasteiger partial charge on any atom is -0.497 e. The van der Waals surface area contributed by atoms with Crippen LogP contribution in [0.25, 0.3) is 0 Å². The van der Waals surface area contributed by atoms with Gasteiger partial charge >= 0.3 is 0 Å². The predicted octanol–water partition coefficient (Wildman–Crippen LogP) is 4.12. The van der Waals surface area contributed by atoms with Crippen molar-refractivity contribution in [2.75, 3.05) is 12.4 Å². The first-order chi connectivity index (χ1) is 9.83. The normalized spacial score (nSPS) is 29.1. The lowest BCUT2D eigenvalue weighted by Crippen LogP contribution is -2.39. The molecule has 3 atom stereocenters. The minimum atomic E-state index is 0.290. The van der Waals surface area contributed by atoms with E-state index >= 15 is 0 Å². The third kappa shape index (κ3) is 2.58. The number of alkyl halides is 1. The first-order valence-corrected chi connectivity index (χ1v) is 8.38. The fraction of sp³-hybridized carbons (Fsp3) is 0.562. The summed E-state index contributed by atoms with van der Waals surface area (Å²) in [5.41, 5.74) is 2.43. The van der Waals surface area contributed by atoms with Crippen molar-refractivity contribution in [3.8, 4) is 5.75 Å². The fourth-order valence-electron chi connectivity index (χ4n) is 3.44. The van der Waals surface area contributed by atoms with Gasteiger partial charge in [-0.25, -0.2) is 0 Å². The summed E-state index contributed by atoms with van der Waals surface area (Å²) < 4.78 is 5.25. The van der Waals surface area contributed by atoms with Gasteiger partial charge in [0.2, 0.25) is 0 Å². The van der Waals surface area contributed by atoms with Crippen LogP contribution in [0.3, 0.4) is 0 Å². The van der Waals surface area contributed by atoms with Crippen molar-refractivity contribution in [3.05, 3.63) is 29.8 Å². The average molecular weight is 338 g/mol. The van der Waals surface area contributed by atoms with Gasteiger partial charge in [-0.2, -0.15) is 0 Å². The zero-order valence-electron chi connectivity index (χ0n) is 11.7. The maximum atomic E-state index is 5.72. The summed E-state index contributed by atoms with van der Waals surface area (Å²) in [6, 6.07) is 8.40. The SMILES string of the molecule is COc1ccc([C@H]2C(CBr)=NO[C@@H]3CCCC[C@H]23)cc1. The average Bonchev–Trinajstić information content (AvgIpc) is 2.54. The number of hydrogen-bond acceptors (Lipinski definition) is 3. The van der Waals surface area contributed by atoms with E-state index in [0.29, 0.717) is 17.9 Å². The van der Waals surface area contributed by atoms with Crippen molar-refractivity contribution in [2.45, 2.75) is 37.7 Å². The Morgan fingerprint density at radius 3 is 2.70 bits per heavy atom. The summed E-state index contributed by atoms with van der Waals surface area (Å²) in [4.78, 5) is 5.72. The smallest absolute Gasteiger partial charge is 0.131 e. The molecule has 1 aromatic rings. The van der Waals surface area contributed by atoms with Crippen molar-refractivity contribution >= 4 is 21.6 Å². The molecule has 2 aliphatic rings. The van der Waals surface area contributed by atoms with Gasteiger partial charge in [-0.15, -0.1) is 0 Å². The predicted molar refractivity (Wildman–Crippen MR) is 83.8 cm³/mol. The molecule has 108 valence electrons. The quantitative estimate of drug-likeness (QED) is 0.777. The molecular weight excluding hydrogens is 318 g/mol. The Morgan fingerprint density at radius 2 is 2.00 bits per heavy atom. The van der Waals surface area contributed by atoms with Gasteiger partial charge in [0.25, 0.3) is 0 Å². The molecular formula is C16H20BrNO2. The lowest BCUT2D eigenvalue weighted by molar-refractivity contribution is -0.0245. The Bertz CT molecular complexity index is 486. The van der Waals surface area contributed by atoms with Crippen molar-refractivity contribution < 1.29 is 9.57 Å². The number of ether oxygens (including phenoxy) is 1. The molecule has 0 N–H and O–H groups in total. The van der Waals surface area contributed by atoms with Crippen LogP contribution in [0.4, 0.5) is 0 Å². The molecule has 1 saturated carbocycles. The number of fused-ring (bicyclic) bond motifs is 1. The first-order valence-electron chi connectivity index (χ1n) is 7.26. The monoisotopic (exact) mass is 337 g/mol. The number of oxime groups is 1. The summed E-state index contributed by atoms with van der Waals surface area (Å²) >= 11 is 3.56. The standard InChI is InChI=1S/C16H20BrNO2/c1-19-12-8-6-11(7-9-12)16-13-4-2-3-5-15(13)20-18-14(16)10-17/h6-9,13,15-16H,2-5,10H2,1H3/t13-,15+,16+/m0/s1. The van der Waals surface area contributed by atoms with Crippen LogP contribution in [0.2, 0.25) is 0 Å². The Labute approximate surface area is 128 Å². The second-order valence-electron chi connectivity index (χ2n) is 5.56. The third-order valence-electron chi connectivity index (χ3n) is 4.46. The van der Waals surface area contributed by atoms with Crippen LogP contribution in [0, 0.1) is 5.92 Å². The number of methoxy groups -OCH3 is 1. The highest BCUT2D eigenvalue weighted by Gasteiger charge is 2.39. The molecule has 4 heteroatoms. The van der Waals surface area contributed by atoms with Gasteiger partial charge in [0, 0.05) is 17.2 Å². The summed E-state index contributed by atoms with van der Waals surface area (Å²) in [6.07, 6.45) is 5.21. The van der Waals surface area contributed by atoms with Gasteiger partial charge in [-0.05, 0) is 37.0 Å². The summed E-state index contributed by atoms with van der Waals surface area (Å²) in [7, 11) is 1.70. The molecule has 1 aromatic carbocycles. The lowest BCUT2D eigenvalue weighted by Gasteiger charge is -2.39. The Balaban J connectivity index is 1.93. The maximum absolute atomic E-state index is 5.72. The van der Waals surface area contributed by atoms with E-state index in [1.165, 1.54) is 24.8 Å². The molecule has 1 heterocycles. The zero-order valence-corrected chi connectivity index (χ0v) is 13.3. The Kier molecular flexibility index (Phi) is 4.29. The Hall–Kier alpha value is -1.03. The molecule has 0 aromatic heterocycles. The van der Waals surface area contributed by atoms with Crippen LogP contribution in [0.1, 0.15) is 37.2 Å². The van der Waals surface area contributed by atoms with E-state index in [-0.39, 0.29) is 0 Å². The number of hydrogen-bond donors (Lipinski definition) is 0. The molecule has 1 fully saturated rings. The van der Waals surface area contributed by atoms with Crippen LogP contribution >= 0.6 is 15.9 Å². The Morgan fingerprint density at radius 1 is 1.25 bits per heavy atom. The molecule has 0 saturated heterocycles. The number of benzene rings is 1. The van der Waals surface area contributed by atoms with E-state index in [1.807, 2.05) is 12.1 Å². The molecule has 3 nitrogen and oxygen atoms in total. The highest BCUT2D eigenvalue weighted by atomic mass is 79.9. The van der Waals surface area contributed by atoms with Crippen LogP contribution in [-0.4, -0.2) is 24.3 Å². The largest absolute Gasteiger partial charge is 0.497 e. The fourth-order valence-corrected chi connectivity index (χ4v) is 3.89. The number of nitrogens with zero attached hydrogens (tertiary/aromatic N) is 1. The van der Waals surface area contributed by atoms with Gasteiger partial charge in [0.05, 0.1) is 12.8 Å². The summed E-state index contributed by atoms with van der Waals surface area (Å²) in [5, 5.41) is 5.14. The minimum absolute atomic E-state index is 0.290. The molecule has 0 spiro atoms. The van der Waals surface area contributed by atoms with E-state index in [2.05, 4.69) is 33.2 Å². The number of rotatable bonds is 3. The maximum Gasteiger partial charge on any atom is 0.131 e. The van der Waals surface area contributed by atoms with Crippen molar-refractivity contribution in [2.24, 2.45) is 11.1 Å². The van der Waals surface area contributed by atoms with E-state index < -0.39 is 0 Å². The topological polar surface area (TPSA) is 30.8 Å². The molecule has 1 aliphatic carbocycles. The van der Waals surface area contributed by atoms with Crippen molar-refractivity contribution in [1.29, 1.82) is 0 Å². The van der Waals surface area contributed by atoms with E-state index in [9.17, 15) is 0 Å². The van der Waals surface area contributed by atoms with Gasteiger partial charge in [-0.3, -0.25) is 0 Å². The molecule has 0 amide bonds. The molecule has 0 bridgehead atoms. The summed E-state index contributed by atoms with van der Waals surface area (Å²) in [6.45, 7) is 0. The molecule has 0 unspecified atom stereocenters. The second-order valence-corrected chi connectivity index (χ2v) is 6.12. The molecule has 20 heavy (non-hydrogen) atoms. The highest BCUT2D eigenvalue weighted by molar-refractivity contribution is 9.09. The van der Waals surface area contributed by atoms with E-state index in [0.717, 1.165) is 23.2 Å². The molecule has 3 rings (SSSR count). The van der Waals surface area contributed by atoms with Gasteiger partial charge in [0.15, 0.2) is 0 Å². The highest BCUT2D eigenvalue weighted by Crippen LogP contribution is 2.42. The summed E-state index contributed by atoms with van der Waals surface area (Å²) in [5.74, 6) is 1.83. The number of halogens is 1. The molecule has 0 radical (unpaired) electrons. The van der Waals surface area contributed by atoms with Crippen LogP contribution in [0.15, 0.2) is 29.4 Å². The van der Waals surface area contributed by atoms with Crippen molar-refractivity contribution in [3.63, 3.8) is 0 Å². The van der Waals surface area contributed by atoms with Crippen LogP contribution in [-0.2, 0) is 4.84 Å². The molecule has 1 aliphatic heterocycles. The van der Waals surface area contributed by atoms with Crippen LogP contribution < -0.4 is 4.74 Å². The zero-order chi connectivity index (χ0) is 13.9. The first kappa shape index (κ1) is 13.9. The van der Waals surface area contributed by atoms with Crippen molar-refractivity contribution in [1.82, 2.24) is 0 Å². The lowest BCUT2D eigenvalue weighted by atomic mass is 9.72. The third-order valence-corrected chi connectivity index (χ3v) is 5.03. The second kappa shape index (κ2) is 6.17. The van der Waals surface area contributed by atoms with Gasteiger partial charge in [0.1, 0.15) is 11.9 Å².